The number of likely N-dealkylation sites (tertiary alicyclic amines) is 1. The summed E-state index contributed by atoms with van der Waals surface area (Å²) in [5.41, 5.74) is 2.34. The number of rotatable bonds is 6. The molecule has 0 saturated carbocycles. The number of aromatic nitrogens is 3. The van der Waals surface area contributed by atoms with Crippen molar-refractivity contribution in [2.24, 2.45) is 0 Å². The maximum Gasteiger partial charge on any atom is 0.140 e. The Morgan fingerprint density at radius 3 is 2.61 bits per heavy atom. The van der Waals surface area contributed by atoms with Gasteiger partial charge in [0.25, 0.3) is 0 Å². The zero-order valence-corrected chi connectivity index (χ0v) is 16.6. The summed E-state index contributed by atoms with van der Waals surface area (Å²) in [5.74, 6) is 0.744. The Hall–Kier alpha value is -2.44. The minimum atomic E-state index is -0.730. The molecule has 6 heteroatoms. The maximum atomic E-state index is 11.0. The van der Waals surface area contributed by atoms with Gasteiger partial charge in [-0.2, -0.15) is 5.10 Å². The van der Waals surface area contributed by atoms with Gasteiger partial charge in [-0.25, -0.2) is 0 Å². The maximum absolute atomic E-state index is 11.0. The zero-order chi connectivity index (χ0) is 19.6. The van der Waals surface area contributed by atoms with Gasteiger partial charge in [0.05, 0.1) is 11.8 Å². The van der Waals surface area contributed by atoms with Crippen LogP contribution in [0.1, 0.15) is 44.1 Å². The van der Waals surface area contributed by atoms with Crippen LogP contribution in [0.5, 0.6) is 0 Å². The quantitative estimate of drug-likeness (QED) is 0.706. The molecular formula is C22H28N4O2. The summed E-state index contributed by atoms with van der Waals surface area (Å²) in [4.78, 5) is 2.38. The van der Waals surface area contributed by atoms with Crippen LogP contribution in [0.3, 0.4) is 0 Å². The first-order valence-corrected chi connectivity index (χ1v) is 10.00. The molecule has 1 aliphatic heterocycles. The molecule has 2 aromatic heterocycles. The Balaban J connectivity index is 1.33. The Labute approximate surface area is 165 Å². The molecule has 3 aromatic rings. The fourth-order valence-electron chi connectivity index (χ4n) is 3.77. The zero-order valence-electron chi connectivity index (χ0n) is 16.6. The van der Waals surface area contributed by atoms with Gasteiger partial charge in [-0.05, 0) is 26.7 Å². The van der Waals surface area contributed by atoms with E-state index in [4.69, 9.17) is 4.52 Å². The lowest BCUT2D eigenvalue weighted by Gasteiger charge is -2.37. The number of nitrogens with zero attached hydrogens (tertiary/aromatic N) is 4. The van der Waals surface area contributed by atoms with Crippen LogP contribution in [0.15, 0.2) is 53.3 Å². The molecule has 0 radical (unpaired) electrons. The third-order valence-electron chi connectivity index (χ3n) is 5.51. The summed E-state index contributed by atoms with van der Waals surface area (Å²) in [7, 11) is 0. The Kier molecular flexibility index (Phi) is 5.33. The average molecular weight is 380 g/mol. The lowest BCUT2D eigenvalue weighted by molar-refractivity contribution is -0.0265. The van der Waals surface area contributed by atoms with Crippen molar-refractivity contribution in [3.05, 3.63) is 60.1 Å². The Bertz CT molecular complexity index is 892. The van der Waals surface area contributed by atoms with E-state index in [0.717, 1.165) is 49.5 Å². The molecule has 1 aromatic carbocycles. The third kappa shape index (κ3) is 4.34. The molecule has 148 valence electrons. The lowest BCUT2D eigenvalue weighted by atomic mass is 9.87. The molecule has 0 aliphatic carbocycles. The highest BCUT2D eigenvalue weighted by Crippen LogP contribution is 2.29. The van der Waals surface area contributed by atoms with E-state index >= 15 is 0 Å². The fourth-order valence-corrected chi connectivity index (χ4v) is 3.77. The predicted molar refractivity (Wildman–Crippen MR) is 108 cm³/mol. The van der Waals surface area contributed by atoms with E-state index in [-0.39, 0.29) is 0 Å². The molecule has 4 rings (SSSR count). The number of benzene rings is 1. The molecule has 28 heavy (non-hydrogen) atoms. The Morgan fingerprint density at radius 1 is 1.18 bits per heavy atom. The highest BCUT2D eigenvalue weighted by atomic mass is 16.5. The smallest absolute Gasteiger partial charge is 0.140 e. The van der Waals surface area contributed by atoms with Gasteiger partial charge in [0, 0.05) is 55.5 Å². The molecule has 0 atom stereocenters. The molecule has 1 N–H and O–H groups in total. The summed E-state index contributed by atoms with van der Waals surface area (Å²) < 4.78 is 7.49. The molecule has 0 unspecified atom stereocenters. The van der Waals surface area contributed by atoms with Crippen LogP contribution in [0, 0.1) is 0 Å². The minimum absolute atomic E-state index is 0.378. The van der Waals surface area contributed by atoms with E-state index in [1.54, 1.807) is 0 Å². The van der Waals surface area contributed by atoms with Crippen LogP contribution >= 0.6 is 0 Å². The van der Waals surface area contributed by atoms with Gasteiger partial charge in [-0.3, -0.25) is 9.58 Å². The summed E-state index contributed by atoms with van der Waals surface area (Å²) in [6.07, 6.45) is 6.02. The van der Waals surface area contributed by atoms with E-state index < -0.39 is 5.60 Å². The van der Waals surface area contributed by atoms with Crippen molar-refractivity contribution in [1.29, 1.82) is 0 Å². The normalized spacial score (nSPS) is 17.3. The molecule has 0 amide bonds. The fraction of sp³-hybridized carbons (Fsp3) is 0.455. The van der Waals surface area contributed by atoms with Crippen molar-refractivity contribution >= 4 is 0 Å². The van der Waals surface area contributed by atoms with Crippen LogP contribution in [0.25, 0.3) is 11.3 Å². The average Bonchev–Trinajstić information content (AvgIpc) is 3.34. The van der Waals surface area contributed by atoms with Crippen LogP contribution in [-0.2, 0) is 13.0 Å². The second-order valence-electron chi connectivity index (χ2n) is 8.14. The van der Waals surface area contributed by atoms with Gasteiger partial charge in [0.2, 0.25) is 0 Å². The first kappa shape index (κ1) is 18.9. The number of hydrogen-bond donors (Lipinski definition) is 1. The molecule has 0 spiro atoms. The second kappa shape index (κ2) is 7.89. The van der Waals surface area contributed by atoms with Crippen molar-refractivity contribution in [1.82, 2.24) is 19.8 Å². The third-order valence-corrected chi connectivity index (χ3v) is 5.51. The second-order valence-corrected chi connectivity index (χ2v) is 8.14. The van der Waals surface area contributed by atoms with E-state index in [1.807, 2.05) is 47.3 Å². The van der Waals surface area contributed by atoms with Crippen LogP contribution in [-0.4, -0.2) is 43.6 Å². The summed E-state index contributed by atoms with van der Waals surface area (Å²) in [6.45, 7) is 6.87. The molecule has 3 heterocycles. The molecule has 1 aliphatic rings. The van der Waals surface area contributed by atoms with Gasteiger partial charge < -0.3 is 9.63 Å². The highest BCUT2D eigenvalue weighted by molar-refractivity contribution is 5.58. The van der Waals surface area contributed by atoms with Crippen molar-refractivity contribution < 1.29 is 9.63 Å². The monoisotopic (exact) mass is 380 g/mol. The van der Waals surface area contributed by atoms with Gasteiger partial charge in [0.15, 0.2) is 0 Å². The topological polar surface area (TPSA) is 67.3 Å². The van der Waals surface area contributed by atoms with Crippen LogP contribution in [0.2, 0.25) is 0 Å². The molecular weight excluding hydrogens is 352 g/mol. The summed E-state index contributed by atoms with van der Waals surface area (Å²) in [6, 6.07) is 12.3. The van der Waals surface area contributed by atoms with Crippen molar-refractivity contribution in [2.45, 2.75) is 51.3 Å². The van der Waals surface area contributed by atoms with E-state index in [2.05, 4.69) is 35.2 Å². The molecule has 1 saturated heterocycles. The largest absolute Gasteiger partial charge is 0.389 e. The summed E-state index contributed by atoms with van der Waals surface area (Å²) in [5, 5.41) is 19.6. The van der Waals surface area contributed by atoms with Crippen LogP contribution < -0.4 is 0 Å². The van der Waals surface area contributed by atoms with E-state index in [0.29, 0.717) is 12.5 Å². The van der Waals surface area contributed by atoms with Gasteiger partial charge >= 0.3 is 0 Å². The van der Waals surface area contributed by atoms with Crippen LogP contribution in [0.4, 0.5) is 0 Å². The first-order valence-electron chi connectivity index (χ1n) is 10.00. The van der Waals surface area contributed by atoms with Crippen molar-refractivity contribution in [3.8, 4) is 11.3 Å². The number of aliphatic hydroxyl groups is 1. The van der Waals surface area contributed by atoms with Gasteiger partial charge in [-0.1, -0.05) is 35.5 Å². The standard InChI is InChI=1S/C22H28N4O2/c1-17(2)26-16-18(14-23-26)15-25-10-8-22(27,9-11-25)13-20-12-21(24-28-20)19-6-4-3-5-7-19/h3-7,12,14,16-17,27H,8-11,13,15H2,1-2H3. The summed E-state index contributed by atoms with van der Waals surface area (Å²) >= 11 is 0. The first-order chi connectivity index (χ1) is 13.5. The SMILES string of the molecule is CC(C)n1cc(CN2CCC(O)(Cc3cc(-c4ccccc4)no3)CC2)cn1. The predicted octanol–water partition coefficient (Wildman–Crippen LogP) is 3.69. The minimum Gasteiger partial charge on any atom is -0.389 e. The van der Waals surface area contributed by atoms with Gasteiger partial charge in [-0.15, -0.1) is 0 Å². The number of piperidine rings is 1. The molecule has 1 fully saturated rings. The lowest BCUT2D eigenvalue weighted by Crippen LogP contribution is -2.45. The van der Waals surface area contributed by atoms with E-state index in [9.17, 15) is 5.11 Å². The molecule has 0 bridgehead atoms. The highest BCUT2D eigenvalue weighted by Gasteiger charge is 2.34. The number of hydrogen-bond acceptors (Lipinski definition) is 5. The van der Waals surface area contributed by atoms with E-state index in [1.165, 1.54) is 5.56 Å². The van der Waals surface area contributed by atoms with Crippen molar-refractivity contribution in [3.63, 3.8) is 0 Å². The van der Waals surface area contributed by atoms with Gasteiger partial charge in [0.1, 0.15) is 11.5 Å². The Morgan fingerprint density at radius 2 is 1.93 bits per heavy atom. The van der Waals surface area contributed by atoms with Crippen molar-refractivity contribution in [2.75, 3.05) is 13.1 Å². The molecule has 6 nitrogen and oxygen atoms in total.